The first-order valence-electron chi connectivity index (χ1n) is 17.6. The molecule has 0 spiro atoms. The second-order valence-corrected chi connectivity index (χ2v) is 16.8. The highest BCUT2D eigenvalue weighted by atomic mass is 79.9. The molecule has 0 radical (unpaired) electrons. The van der Waals surface area contributed by atoms with Crippen LogP contribution >= 0.6 is 7.26 Å². The molecule has 2 heterocycles. The number of aromatic nitrogens is 3. The minimum absolute atomic E-state index is 0. The quantitative estimate of drug-likeness (QED) is 0.120. The van der Waals surface area contributed by atoms with E-state index in [0.717, 1.165) is 35.9 Å². The molecular weight excluding hydrogens is 733 g/mol. The second kappa shape index (κ2) is 17.2. The molecule has 9 heteroatoms. The molecule has 1 aromatic heterocycles. The lowest BCUT2D eigenvalue weighted by Gasteiger charge is -2.47. The van der Waals surface area contributed by atoms with Crippen LogP contribution in [0.4, 0.5) is 0 Å². The molecule has 0 aliphatic carbocycles. The van der Waals surface area contributed by atoms with Crippen LogP contribution in [0.2, 0.25) is 0 Å². The molecule has 7 nitrogen and oxygen atoms in total. The van der Waals surface area contributed by atoms with Crippen LogP contribution in [0.5, 0.6) is 0 Å². The summed E-state index contributed by atoms with van der Waals surface area (Å²) in [5.74, 6) is -1.13. The van der Waals surface area contributed by atoms with Crippen molar-refractivity contribution in [1.29, 1.82) is 0 Å². The minimum Gasteiger partial charge on any atom is -1.00 e. The Kier molecular flexibility index (Phi) is 12.5. The van der Waals surface area contributed by atoms with E-state index in [4.69, 9.17) is 19.2 Å². The van der Waals surface area contributed by atoms with Crippen molar-refractivity contribution < 1.29 is 36.2 Å². The highest BCUT2D eigenvalue weighted by molar-refractivity contribution is 7.95. The summed E-state index contributed by atoms with van der Waals surface area (Å²) in [6, 6.07) is 53.4. The number of benzene rings is 5. The van der Waals surface area contributed by atoms with Gasteiger partial charge in [-0.05, 0) is 60.9 Å². The minimum atomic E-state index is -1.91. The number of hydrogen-bond donors (Lipinski definition) is 0. The number of halogens is 1. The largest absolute Gasteiger partial charge is 1.00 e. The molecule has 6 aromatic rings. The molecule has 0 amide bonds. The molecule has 5 aromatic carbocycles. The fourth-order valence-electron chi connectivity index (χ4n) is 7.28. The van der Waals surface area contributed by atoms with Gasteiger partial charge in [-0.25, -0.2) is 4.89 Å². The van der Waals surface area contributed by atoms with Gasteiger partial charge in [0.1, 0.15) is 28.9 Å². The van der Waals surface area contributed by atoms with Gasteiger partial charge >= 0.3 is 0 Å². The highest BCUT2D eigenvalue weighted by Crippen LogP contribution is 2.56. The molecule has 0 saturated carbocycles. The maximum atomic E-state index is 6.34. The van der Waals surface area contributed by atoms with Crippen molar-refractivity contribution in [3.05, 3.63) is 175 Å². The van der Waals surface area contributed by atoms with Gasteiger partial charge in [0.25, 0.3) is 0 Å². The lowest BCUT2D eigenvalue weighted by atomic mass is 9.76. The van der Waals surface area contributed by atoms with Crippen molar-refractivity contribution in [2.24, 2.45) is 5.92 Å². The summed E-state index contributed by atoms with van der Waals surface area (Å²) >= 11 is 0. The fourth-order valence-corrected chi connectivity index (χ4v) is 11.6. The van der Waals surface area contributed by atoms with Gasteiger partial charge in [-0.1, -0.05) is 120 Å². The molecule has 0 N–H and O–H groups in total. The Morgan fingerprint density at radius 3 is 1.67 bits per heavy atom. The Bertz CT molecular complexity index is 1820. The lowest BCUT2D eigenvalue weighted by molar-refractivity contribution is -0.498. The van der Waals surface area contributed by atoms with Gasteiger partial charge in [0.15, 0.2) is 5.60 Å². The Labute approximate surface area is 318 Å². The van der Waals surface area contributed by atoms with Gasteiger partial charge in [0, 0.05) is 26.0 Å². The number of ether oxygens (including phenoxy) is 2. The zero-order valence-corrected chi connectivity index (χ0v) is 32.1. The Hall–Kier alpha value is -4.01. The summed E-state index contributed by atoms with van der Waals surface area (Å²) in [6.45, 7) is 3.38. The Morgan fingerprint density at radius 1 is 0.712 bits per heavy atom. The molecule has 1 fully saturated rings. The lowest BCUT2D eigenvalue weighted by Crippen LogP contribution is -3.00. The number of methoxy groups -OCH3 is 1. The first kappa shape index (κ1) is 37.7. The summed E-state index contributed by atoms with van der Waals surface area (Å²) < 4.78 is 14.2. The topological polar surface area (TPSA) is 67.6 Å². The van der Waals surface area contributed by atoms with Gasteiger partial charge in [0.2, 0.25) is 5.79 Å². The standard InChI is InChI=1S/C43H45N3O4P.BrH/c1-42(47-2)37(31-43(50-49-42,35-19-8-3-9-20-35)36-21-10-4-11-22-36)33-48-34-38-32-46(45-44-38)29-18-30-51(39-23-12-5-13-24-39,40-25-14-6-15-26-40)41-27-16-7-17-28-41;/h3-17,19-28,32,37H,18,29-31,33-34H2,1-2H3;1H/q+1;/p-1/t37-,42-;/m0./s1. The molecule has 268 valence electrons. The predicted octanol–water partition coefficient (Wildman–Crippen LogP) is 4.46. The van der Waals surface area contributed by atoms with Crippen molar-refractivity contribution >= 4 is 23.2 Å². The van der Waals surface area contributed by atoms with Crippen molar-refractivity contribution in [2.75, 3.05) is 19.9 Å². The Balaban J connectivity index is 0.00000464. The summed E-state index contributed by atoms with van der Waals surface area (Å²) in [7, 11) is -0.265. The molecule has 1 aliphatic heterocycles. The van der Waals surface area contributed by atoms with Gasteiger partial charge in [0.05, 0.1) is 25.6 Å². The van der Waals surface area contributed by atoms with E-state index < -0.39 is 18.7 Å². The van der Waals surface area contributed by atoms with Gasteiger partial charge < -0.3 is 26.5 Å². The molecule has 52 heavy (non-hydrogen) atoms. The number of rotatable bonds is 14. The zero-order valence-electron chi connectivity index (χ0n) is 29.6. The summed E-state index contributed by atoms with van der Waals surface area (Å²) in [6.07, 6.45) is 4.57. The average molecular weight is 779 g/mol. The van der Waals surface area contributed by atoms with Crippen LogP contribution in [0, 0.1) is 5.92 Å². The number of nitrogens with zero attached hydrogens (tertiary/aromatic N) is 3. The van der Waals surface area contributed by atoms with E-state index in [1.165, 1.54) is 15.9 Å². The first-order chi connectivity index (χ1) is 25.1. The maximum Gasteiger partial charge on any atom is 0.203 e. The van der Waals surface area contributed by atoms with Gasteiger partial charge in [-0.3, -0.25) is 4.68 Å². The summed E-state index contributed by atoms with van der Waals surface area (Å²) in [5, 5.41) is 13.1. The Morgan fingerprint density at radius 2 is 1.19 bits per heavy atom. The maximum absolute atomic E-state index is 6.34. The van der Waals surface area contributed by atoms with E-state index in [0.29, 0.717) is 19.6 Å². The highest BCUT2D eigenvalue weighted by Gasteiger charge is 2.52. The molecule has 1 aliphatic rings. The predicted molar refractivity (Wildman–Crippen MR) is 204 cm³/mol. The van der Waals surface area contributed by atoms with Crippen molar-refractivity contribution in [3.8, 4) is 0 Å². The van der Waals surface area contributed by atoms with Gasteiger partial charge in [-0.15, -0.1) is 5.10 Å². The third kappa shape index (κ3) is 7.84. The monoisotopic (exact) mass is 777 g/mol. The molecule has 0 bridgehead atoms. The van der Waals surface area contributed by atoms with Crippen LogP contribution in [-0.2, 0) is 38.0 Å². The third-order valence-electron chi connectivity index (χ3n) is 10.1. The van der Waals surface area contributed by atoms with Crippen LogP contribution in [0.3, 0.4) is 0 Å². The molecule has 1 saturated heterocycles. The van der Waals surface area contributed by atoms with Crippen LogP contribution in [0.25, 0.3) is 0 Å². The zero-order chi connectivity index (χ0) is 35.0. The van der Waals surface area contributed by atoms with E-state index in [9.17, 15) is 0 Å². The molecule has 7 rings (SSSR count). The fraction of sp³-hybridized carbons (Fsp3) is 0.256. The van der Waals surface area contributed by atoms with Crippen LogP contribution in [0.1, 0.15) is 36.6 Å². The van der Waals surface area contributed by atoms with E-state index >= 15 is 0 Å². The first-order valence-corrected chi connectivity index (χ1v) is 19.6. The average Bonchev–Trinajstić information content (AvgIpc) is 3.66. The normalized spacial score (nSPS) is 18.4. The molecule has 0 unspecified atom stereocenters. The summed E-state index contributed by atoms with van der Waals surface area (Å²) in [4.78, 5) is 12.4. The van der Waals surface area contributed by atoms with E-state index in [1.54, 1.807) is 7.11 Å². The van der Waals surface area contributed by atoms with E-state index in [2.05, 4.69) is 126 Å². The SMILES string of the molecule is CO[C@@]1(C)OOC(c2ccccc2)(c2ccccc2)C[C@H]1COCc1cn(CCC[P+](c2ccccc2)(c2ccccc2)c2ccccc2)nn1.[Br-]. The van der Waals surface area contributed by atoms with E-state index in [-0.39, 0.29) is 22.9 Å². The van der Waals surface area contributed by atoms with Crippen LogP contribution < -0.4 is 32.9 Å². The molecular formula is C43H45BrN3O4P. The van der Waals surface area contributed by atoms with E-state index in [1.807, 2.05) is 54.2 Å². The smallest absolute Gasteiger partial charge is 0.203 e. The third-order valence-corrected chi connectivity index (χ3v) is 14.7. The van der Waals surface area contributed by atoms with Crippen molar-refractivity contribution in [3.63, 3.8) is 0 Å². The van der Waals surface area contributed by atoms with Crippen molar-refractivity contribution in [1.82, 2.24) is 15.0 Å². The second-order valence-electron chi connectivity index (χ2n) is 13.2. The van der Waals surface area contributed by atoms with Gasteiger partial charge in [-0.2, -0.15) is 4.89 Å². The van der Waals surface area contributed by atoms with Crippen LogP contribution in [0.15, 0.2) is 158 Å². The molecule has 2 atom stereocenters. The number of aryl methyl sites for hydroxylation is 1. The number of hydrogen-bond acceptors (Lipinski definition) is 6. The van der Waals surface area contributed by atoms with Crippen LogP contribution in [-0.4, -0.2) is 40.7 Å². The van der Waals surface area contributed by atoms with Crippen molar-refractivity contribution in [2.45, 2.75) is 44.3 Å². The summed E-state index contributed by atoms with van der Waals surface area (Å²) in [5.41, 5.74) is 2.00.